The van der Waals surface area contributed by atoms with Gasteiger partial charge in [0, 0.05) is 22.1 Å². The lowest BCUT2D eigenvalue weighted by atomic mass is 9.99. The SMILES string of the molecule is Brc1ccc2c(c1)OCCCC2NC1CCCCCC1. The monoisotopic (exact) mass is 337 g/mol. The summed E-state index contributed by atoms with van der Waals surface area (Å²) < 4.78 is 7.01. The Labute approximate surface area is 130 Å². The van der Waals surface area contributed by atoms with Gasteiger partial charge >= 0.3 is 0 Å². The minimum Gasteiger partial charge on any atom is -0.493 e. The van der Waals surface area contributed by atoms with Crippen LogP contribution in [0.15, 0.2) is 22.7 Å². The summed E-state index contributed by atoms with van der Waals surface area (Å²) in [4.78, 5) is 0. The molecule has 1 N–H and O–H groups in total. The maximum Gasteiger partial charge on any atom is 0.125 e. The zero-order valence-electron chi connectivity index (χ0n) is 12.0. The van der Waals surface area contributed by atoms with Gasteiger partial charge in [0.25, 0.3) is 0 Å². The van der Waals surface area contributed by atoms with Gasteiger partial charge in [0.05, 0.1) is 6.61 Å². The highest BCUT2D eigenvalue weighted by Crippen LogP contribution is 2.34. The summed E-state index contributed by atoms with van der Waals surface area (Å²) in [6.45, 7) is 0.840. The van der Waals surface area contributed by atoms with Crippen molar-refractivity contribution in [2.24, 2.45) is 0 Å². The first-order chi connectivity index (χ1) is 9.83. The fraction of sp³-hybridized carbons (Fsp3) is 0.647. The molecule has 1 aliphatic heterocycles. The molecule has 1 saturated carbocycles. The van der Waals surface area contributed by atoms with Crippen molar-refractivity contribution in [3.8, 4) is 5.75 Å². The number of ether oxygens (including phenoxy) is 1. The fourth-order valence-electron chi connectivity index (χ4n) is 3.45. The zero-order valence-corrected chi connectivity index (χ0v) is 13.6. The Bertz CT molecular complexity index is 441. The van der Waals surface area contributed by atoms with Crippen molar-refractivity contribution in [1.29, 1.82) is 0 Å². The van der Waals surface area contributed by atoms with E-state index in [1.807, 2.05) is 0 Å². The molecular weight excluding hydrogens is 314 g/mol. The number of hydrogen-bond donors (Lipinski definition) is 1. The van der Waals surface area contributed by atoms with Crippen LogP contribution in [-0.4, -0.2) is 12.6 Å². The van der Waals surface area contributed by atoms with E-state index < -0.39 is 0 Å². The second-order valence-electron chi connectivity index (χ2n) is 6.08. The van der Waals surface area contributed by atoms with Crippen molar-refractivity contribution >= 4 is 15.9 Å². The van der Waals surface area contributed by atoms with Crippen LogP contribution in [0.4, 0.5) is 0 Å². The third-order valence-corrected chi connectivity index (χ3v) is 5.03. The molecule has 1 atom stereocenters. The van der Waals surface area contributed by atoms with Gasteiger partial charge in [-0.2, -0.15) is 0 Å². The molecule has 0 spiro atoms. The van der Waals surface area contributed by atoms with Crippen LogP contribution in [0.2, 0.25) is 0 Å². The minimum atomic E-state index is 0.462. The Balaban J connectivity index is 1.75. The second kappa shape index (κ2) is 6.95. The van der Waals surface area contributed by atoms with Crippen molar-refractivity contribution in [2.75, 3.05) is 6.61 Å². The smallest absolute Gasteiger partial charge is 0.125 e. The number of rotatable bonds is 2. The van der Waals surface area contributed by atoms with Crippen molar-refractivity contribution in [3.05, 3.63) is 28.2 Å². The molecule has 1 aromatic carbocycles. The third kappa shape index (κ3) is 3.56. The van der Waals surface area contributed by atoms with Gasteiger partial charge in [0.15, 0.2) is 0 Å². The average Bonchev–Trinajstić information content (AvgIpc) is 2.80. The molecule has 2 nitrogen and oxygen atoms in total. The predicted molar refractivity (Wildman–Crippen MR) is 86.2 cm³/mol. The molecule has 1 heterocycles. The van der Waals surface area contributed by atoms with E-state index in [1.165, 1.54) is 50.5 Å². The van der Waals surface area contributed by atoms with E-state index in [2.05, 4.69) is 39.4 Å². The summed E-state index contributed by atoms with van der Waals surface area (Å²) in [5.41, 5.74) is 1.34. The van der Waals surface area contributed by atoms with Crippen molar-refractivity contribution in [1.82, 2.24) is 5.32 Å². The number of benzene rings is 1. The average molecular weight is 338 g/mol. The molecule has 20 heavy (non-hydrogen) atoms. The highest BCUT2D eigenvalue weighted by molar-refractivity contribution is 9.10. The van der Waals surface area contributed by atoms with Crippen LogP contribution in [0.25, 0.3) is 0 Å². The summed E-state index contributed by atoms with van der Waals surface area (Å²) in [5, 5.41) is 3.92. The van der Waals surface area contributed by atoms with Crippen LogP contribution in [0.3, 0.4) is 0 Å². The lowest BCUT2D eigenvalue weighted by Gasteiger charge is -2.25. The van der Waals surface area contributed by atoms with Crippen molar-refractivity contribution in [3.63, 3.8) is 0 Å². The van der Waals surface area contributed by atoms with E-state index in [0.717, 1.165) is 23.2 Å². The van der Waals surface area contributed by atoms with E-state index in [9.17, 15) is 0 Å². The largest absolute Gasteiger partial charge is 0.493 e. The minimum absolute atomic E-state index is 0.462. The summed E-state index contributed by atoms with van der Waals surface area (Å²) in [6.07, 6.45) is 10.6. The molecule has 0 saturated heterocycles. The Hall–Kier alpha value is -0.540. The van der Waals surface area contributed by atoms with Gasteiger partial charge in [-0.3, -0.25) is 0 Å². The molecule has 0 bridgehead atoms. The Kier molecular flexibility index (Phi) is 5.00. The highest BCUT2D eigenvalue weighted by Gasteiger charge is 2.23. The summed E-state index contributed by atoms with van der Waals surface area (Å²) >= 11 is 3.54. The molecule has 110 valence electrons. The van der Waals surface area contributed by atoms with Crippen LogP contribution in [0.5, 0.6) is 5.75 Å². The first-order valence-corrected chi connectivity index (χ1v) is 8.80. The quantitative estimate of drug-likeness (QED) is 0.768. The molecule has 1 fully saturated rings. The lowest BCUT2D eigenvalue weighted by Crippen LogP contribution is -2.32. The van der Waals surface area contributed by atoms with Gasteiger partial charge in [0.2, 0.25) is 0 Å². The number of fused-ring (bicyclic) bond motifs is 1. The maximum atomic E-state index is 5.90. The molecule has 1 aliphatic carbocycles. The first-order valence-electron chi connectivity index (χ1n) is 8.01. The number of nitrogens with one attached hydrogen (secondary N) is 1. The molecule has 0 aromatic heterocycles. The van der Waals surface area contributed by atoms with Gasteiger partial charge in [-0.1, -0.05) is 47.7 Å². The van der Waals surface area contributed by atoms with Gasteiger partial charge in [-0.25, -0.2) is 0 Å². The maximum absolute atomic E-state index is 5.90. The van der Waals surface area contributed by atoms with Crippen LogP contribution < -0.4 is 10.1 Å². The van der Waals surface area contributed by atoms with Gasteiger partial charge < -0.3 is 10.1 Å². The number of hydrogen-bond acceptors (Lipinski definition) is 2. The summed E-state index contributed by atoms with van der Waals surface area (Å²) in [6, 6.07) is 7.62. The number of halogens is 1. The second-order valence-corrected chi connectivity index (χ2v) is 7.00. The normalized spacial score (nSPS) is 24.4. The molecule has 2 aliphatic rings. The van der Waals surface area contributed by atoms with Crippen LogP contribution >= 0.6 is 15.9 Å². The third-order valence-electron chi connectivity index (χ3n) is 4.54. The molecule has 0 radical (unpaired) electrons. The van der Waals surface area contributed by atoms with Gasteiger partial charge in [0.1, 0.15) is 5.75 Å². The molecule has 0 amide bonds. The van der Waals surface area contributed by atoms with Gasteiger partial charge in [-0.05, 0) is 37.8 Å². The molecule has 3 rings (SSSR count). The standard InChI is InChI=1S/C17H24BrNO/c18-13-9-10-15-16(8-5-11-20-17(15)12-13)19-14-6-3-1-2-4-7-14/h9-10,12,14,16,19H,1-8,11H2. The predicted octanol–water partition coefficient (Wildman–Crippen LogP) is 4.98. The summed E-state index contributed by atoms with van der Waals surface area (Å²) in [7, 11) is 0. The fourth-order valence-corrected chi connectivity index (χ4v) is 3.79. The van der Waals surface area contributed by atoms with Crippen LogP contribution in [0, 0.1) is 0 Å². The first kappa shape index (κ1) is 14.4. The van der Waals surface area contributed by atoms with Crippen LogP contribution in [-0.2, 0) is 0 Å². The van der Waals surface area contributed by atoms with Crippen LogP contribution in [0.1, 0.15) is 63.0 Å². The Morgan fingerprint density at radius 1 is 1.00 bits per heavy atom. The van der Waals surface area contributed by atoms with E-state index in [4.69, 9.17) is 4.74 Å². The highest BCUT2D eigenvalue weighted by atomic mass is 79.9. The molecule has 3 heteroatoms. The van der Waals surface area contributed by atoms with E-state index in [-0.39, 0.29) is 0 Å². The topological polar surface area (TPSA) is 21.3 Å². The Morgan fingerprint density at radius 3 is 2.60 bits per heavy atom. The summed E-state index contributed by atoms with van der Waals surface area (Å²) in [5.74, 6) is 1.06. The van der Waals surface area contributed by atoms with Crippen molar-refractivity contribution in [2.45, 2.75) is 63.5 Å². The van der Waals surface area contributed by atoms with E-state index in [1.54, 1.807) is 0 Å². The van der Waals surface area contributed by atoms with Crippen molar-refractivity contribution < 1.29 is 4.74 Å². The molecular formula is C17H24BrNO. The molecule has 1 unspecified atom stereocenters. The zero-order chi connectivity index (χ0) is 13.8. The van der Waals surface area contributed by atoms with Gasteiger partial charge in [-0.15, -0.1) is 0 Å². The lowest BCUT2D eigenvalue weighted by molar-refractivity contribution is 0.313. The van der Waals surface area contributed by atoms with E-state index >= 15 is 0 Å². The van der Waals surface area contributed by atoms with E-state index in [0.29, 0.717) is 12.1 Å². The molecule has 1 aromatic rings. The Morgan fingerprint density at radius 2 is 1.80 bits per heavy atom.